The van der Waals surface area contributed by atoms with Crippen LogP contribution in [-0.4, -0.2) is 10.7 Å². The van der Waals surface area contributed by atoms with Crippen LogP contribution in [0.15, 0.2) is 66.4 Å². The molecule has 0 unspecified atom stereocenters. The lowest BCUT2D eigenvalue weighted by molar-refractivity contribution is -0.384. The lowest BCUT2D eigenvalue weighted by Gasteiger charge is -2.11. The number of ether oxygens (including phenoxy) is 2. The van der Waals surface area contributed by atoms with Gasteiger partial charge in [0, 0.05) is 17.7 Å². The fourth-order valence-electron chi connectivity index (χ4n) is 3.21. The molecule has 6 heteroatoms. The van der Waals surface area contributed by atoms with Crippen molar-refractivity contribution >= 4 is 17.5 Å². The normalized spacial score (nSPS) is 13.8. The summed E-state index contributed by atoms with van der Waals surface area (Å²) in [5, 5.41) is 10.8. The van der Waals surface area contributed by atoms with Crippen molar-refractivity contribution in [2.45, 2.75) is 20.5 Å². The topological polar surface area (TPSA) is 78.7 Å². The number of carbonyl (C=O) groups excluding carboxylic acids is 1. The number of rotatable bonds is 5. The standard InChI is InChI=1S/C24H19NO5/c1-15-3-5-18(6-4-15)14-29-21-12-11-20-23(26)22(30-24(20)16(21)2)13-17-7-9-19(10-8-17)25(27)28/h3-13H,14H2,1-2H3/b22-13-. The smallest absolute Gasteiger partial charge is 0.269 e. The third-order valence-electron chi connectivity index (χ3n) is 4.95. The van der Waals surface area contributed by atoms with Gasteiger partial charge in [-0.15, -0.1) is 0 Å². The maximum absolute atomic E-state index is 12.7. The van der Waals surface area contributed by atoms with Crippen molar-refractivity contribution in [1.29, 1.82) is 0 Å². The van der Waals surface area contributed by atoms with Crippen molar-refractivity contribution in [3.8, 4) is 11.5 Å². The van der Waals surface area contributed by atoms with Gasteiger partial charge in [0.1, 0.15) is 18.1 Å². The molecule has 0 bridgehead atoms. The monoisotopic (exact) mass is 401 g/mol. The Balaban J connectivity index is 1.54. The van der Waals surface area contributed by atoms with E-state index in [9.17, 15) is 14.9 Å². The van der Waals surface area contributed by atoms with E-state index in [-0.39, 0.29) is 17.2 Å². The molecule has 0 saturated heterocycles. The molecule has 1 heterocycles. The molecule has 3 aromatic rings. The van der Waals surface area contributed by atoms with Crippen LogP contribution in [0.2, 0.25) is 0 Å². The van der Waals surface area contributed by atoms with Crippen LogP contribution in [0.3, 0.4) is 0 Å². The van der Waals surface area contributed by atoms with Crippen molar-refractivity contribution in [1.82, 2.24) is 0 Å². The van der Waals surface area contributed by atoms with Gasteiger partial charge in [-0.2, -0.15) is 0 Å². The summed E-state index contributed by atoms with van der Waals surface area (Å²) in [6.45, 7) is 4.30. The van der Waals surface area contributed by atoms with Crippen LogP contribution in [-0.2, 0) is 6.61 Å². The van der Waals surface area contributed by atoms with Crippen molar-refractivity contribution in [2.75, 3.05) is 0 Å². The van der Waals surface area contributed by atoms with Crippen molar-refractivity contribution in [3.05, 3.63) is 104 Å². The molecule has 1 aliphatic heterocycles. The summed E-state index contributed by atoms with van der Waals surface area (Å²) in [6.07, 6.45) is 1.58. The highest BCUT2D eigenvalue weighted by Crippen LogP contribution is 2.39. The lowest BCUT2D eigenvalue weighted by atomic mass is 10.1. The predicted molar refractivity (Wildman–Crippen MR) is 113 cm³/mol. The number of nitro benzene ring substituents is 1. The number of nitrogens with zero attached hydrogens (tertiary/aromatic N) is 1. The highest BCUT2D eigenvalue weighted by atomic mass is 16.6. The summed E-state index contributed by atoms with van der Waals surface area (Å²) in [5.41, 5.74) is 4.10. The molecule has 150 valence electrons. The average molecular weight is 401 g/mol. The molecular formula is C24H19NO5. The Morgan fingerprint density at radius 2 is 1.70 bits per heavy atom. The van der Waals surface area contributed by atoms with Crippen LogP contribution in [0, 0.1) is 24.0 Å². The summed E-state index contributed by atoms with van der Waals surface area (Å²) < 4.78 is 11.8. The van der Waals surface area contributed by atoms with Gasteiger partial charge in [0.05, 0.1) is 10.5 Å². The second-order valence-corrected chi connectivity index (χ2v) is 7.13. The van der Waals surface area contributed by atoms with Crippen molar-refractivity contribution in [3.63, 3.8) is 0 Å². The number of non-ortho nitro benzene ring substituents is 1. The number of Topliss-reactive ketones (excluding diaryl/α,β-unsaturated/α-hetero) is 1. The zero-order valence-electron chi connectivity index (χ0n) is 16.5. The minimum atomic E-state index is -0.467. The molecule has 6 nitrogen and oxygen atoms in total. The zero-order valence-corrected chi connectivity index (χ0v) is 16.5. The second-order valence-electron chi connectivity index (χ2n) is 7.13. The number of ketones is 1. The van der Waals surface area contributed by atoms with Crippen molar-refractivity contribution in [2.24, 2.45) is 0 Å². The van der Waals surface area contributed by atoms with E-state index in [4.69, 9.17) is 9.47 Å². The first-order valence-electron chi connectivity index (χ1n) is 9.43. The van der Waals surface area contributed by atoms with Gasteiger partial charge in [0.15, 0.2) is 5.76 Å². The summed E-state index contributed by atoms with van der Waals surface area (Å²) in [4.78, 5) is 23.0. The SMILES string of the molecule is Cc1ccc(COc2ccc3c(c2C)O/C(=C\c2ccc([N+](=O)[O-])cc2)C3=O)cc1. The largest absolute Gasteiger partial charge is 0.488 e. The predicted octanol–water partition coefficient (Wildman–Crippen LogP) is 5.41. The van der Waals surface area contributed by atoms with Crippen LogP contribution >= 0.6 is 0 Å². The zero-order chi connectivity index (χ0) is 21.3. The van der Waals surface area contributed by atoms with E-state index in [0.29, 0.717) is 29.2 Å². The number of nitro groups is 1. The minimum Gasteiger partial charge on any atom is -0.488 e. The number of aryl methyl sites for hydroxylation is 1. The molecule has 0 aliphatic carbocycles. The number of hydrogen-bond donors (Lipinski definition) is 0. The Morgan fingerprint density at radius 3 is 2.37 bits per heavy atom. The highest BCUT2D eigenvalue weighted by molar-refractivity contribution is 6.14. The van der Waals surface area contributed by atoms with Gasteiger partial charge >= 0.3 is 0 Å². The van der Waals surface area contributed by atoms with Crippen molar-refractivity contribution < 1.29 is 19.2 Å². The molecule has 1 aliphatic rings. The molecule has 0 spiro atoms. The summed E-state index contributed by atoms with van der Waals surface area (Å²) >= 11 is 0. The number of hydrogen-bond acceptors (Lipinski definition) is 5. The van der Waals surface area contributed by atoms with Crippen LogP contribution in [0.5, 0.6) is 11.5 Å². The minimum absolute atomic E-state index is 0.00897. The molecule has 0 fully saturated rings. The number of benzene rings is 3. The van der Waals surface area contributed by atoms with Gasteiger partial charge in [-0.1, -0.05) is 29.8 Å². The number of carbonyl (C=O) groups is 1. The average Bonchev–Trinajstić information content (AvgIpc) is 3.05. The third-order valence-corrected chi connectivity index (χ3v) is 4.95. The number of fused-ring (bicyclic) bond motifs is 1. The molecule has 0 radical (unpaired) electrons. The van der Waals surface area contributed by atoms with Gasteiger partial charge in [-0.05, 0) is 55.3 Å². The molecule has 0 atom stereocenters. The highest BCUT2D eigenvalue weighted by Gasteiger charge is 2.30. The summed E-state index contributed by atoms with van der Waals surface area (Å²) in [5.74, 6) is 1.09. The first-order valence-corrected chi connectivity index (χ1v) is 9.43. The third kappa shape index (κ3) is 3.80. The van der Waals surface area contributed by atoms with E-state index in [0.717, 1.165) is 11.1 Å². The first kappa shape index (κ1) is 19.4. The van der Waals surface area contributed by atoms with Crippen LogP contribution < -0.4 is 9.47 Å². The fraction of sp³-hybridized carbons (Fsp3) is 0.125. The Labute approximate surface area is 173 Å². The van der Waals surface area contributed by atoms with E-state index in [1.165, 1.54) is 17.7 Å². The van der Waals surface area contributed by atoms with E-state index in [1.807, 2.05) is 38.1 Å². The van der Waals surface area contributed by atoms with Crippen LogP contribution in [0.1, 0.15) is 32.6 Å². The van der Waals surface area contributed by atoms with E-state index in [2.05, 4.69) is 0 Å². The maximum atomic E-state index is 12.7. The fourth-order valence-corrected chi connectivity index (χ4v) is 3.21. The Hall–Kier alpha value is -3.93. The van der Waals surface area contributed by atoms with Crippen LogP contribution in [0.25, 0.3) is 6.08 Å². The number of allylic oxidation sites excluding steroid dienone is 1. The Bertz CT molecular complexity index is 1160. The van der Waals surface area contributed by atoms with Gasteiger partial charge in [-0.25, -0.2) is 0 Å². The first-order chi connectivity index (χ1) is 14.4. The molecule has 0 saturated carbocycles. The molecular weight excluding hydrogens is 382 g/mol. The van der Waals surface area contributed by atoms with Crippen LogP contribution in [0.4, 0.5) is 5.69 Å². The van der Waals surface area contributed by atoms with E-state index >= 15 is 0 Å². The summed E-state index contributed by atoms with van der Waals surface area (Å²) in [6, 6.07) is 17.5. The molecule has 3 aromatic carbocycles. The molecule has 0 aromatic heterocycles. The molecule has 4 rings (SSSR count). The molecule has 0 N–H and O–H groups in total. The van der Waals surface area contributed by atoms with Gasteiger partial charge in [-0.3, -0.25) is 14.9 Å². The molecule has 30 heavy (non-hydrogen) atoms. The maximum Gasteiger partial charge on any atom is 0.269 e. The lowest BCUT2D eigenvalue weighted by Crippen LogP contribution is -1.98. The Morgan fingerprint density at radius 1 is 1.00 bits per heavy atom. The van der Waals surface area contributed by atoms with Gasteiger partial charge < -0.3 is 9.47 Å². The Kier molecular flexibility index (Phi) is 5.06. The molecule has 0 amide bonds. The van der Waals surface area contributed by atoms with Gasteiger partial charge in [0.2, 0.25) is 5.78 Å². The second kappa shape index (κ2) is 7.83. The quantitative estimate of drug-likeness (QED) is 0.325. The van der Waals surface area contributed by atoms with E-state index < -0.39 is 4.92 Å². The van der Waals surface area contributed by atoms with Gasteiger partial charge in [0.25, 0.3) is 5.69 Å². The van der Waals surface area contributed by atoms with E-state index in [1.54, 1.807) is 30.3 Å². The summed E-state index contributed by atoms with van der Waals surface area (Å²) in [7, 11) is 0.